The van der Waals surface area contributed by atoms with Crippen molar-refractivity contribution in [3.8, 4) is 0 Å². The van der Waals surface area contributed by atoms with E-state index in [4.69, 9.17) is 5.73 Å². The SMILES string of the molecule is CC(C)=CC([NH-])=O.[Na+]. The third-order valence-electron chi connectivity index (χ3n) is 0.420. The summed E-state index contributed by atoms with van der Waals surface area (Å²) in [6.45, 7) is 3.57. The molecule has 0 aliphatic rings. The first-order valence-electron chi connectivity index (χ1n) is 2.03. The molecule has 0 bridgehead atoms. The summed E-state index contributed by atoms with van der Waals surface area (Å²) in [5, 5.41) is 0. The second kappa shape index (κ2) is 5.35. The van der Waals surface area contributed by atoms with Gasteiger partial charge in [-0.15, -0.1) is 0 Å². The van der Waals surface area contributed by atoms with Crippen molar-refractivity contribution in [2.24, 2.45) is 0 Å². The quantitative estimate of drug-likeness (QED) is 0.308. The van der Waals surface area contributed by atoms with Crippen LogP contribution in [0.15, 0.2) is 11.6 Å². The Morgan fingerprint density at radius 2 is 1.88 bits per heavy atom. The second-order valence-corrected chi connectivity index (χ2v) is 1.59. The van der Waals surface area contributed by atoms with E-state index >= 15 is 0 Å². The summed E-state index contributed by atoms with van der Waals surface area (Å²) >= 11 is 0. The van der Waals surface area contributed by atoms with Crippen LogP contribution in [0.25, 0.3) is 5.73 Å². The monoisotopic (exact) mass is 121 g/mol. The number of carbonyl (C=O) groups excluding carboxylic acids is 1. The zero-order chi connectivity index (χ0) is 5.86. The standard InChI is InChI=1S/C5H9NO.Na/c1-4(2)3-5(6)7;/h3H,1-2H3,(H2,6,7);/q;+1/p-1. The Hall–Kier alpha value is 0.210. The van der Waals surface area contributed by atoms with Crippen LogP contribution in [-0.4, -0.2) is 5.91 Å². The molecule has 0 aliphatic carbocycles. The van der Waals surface area contributed by atoms with E-state index in [1.807, 2.05) is 0 Å². The van der Waals surface area contributed by atoms with E-state index < -0.39 is 5.91 Å². The Morgan fingerprint density at radius 3 is 1.88 bits per heavy atom. The molecular weight excluding hydrogens is 113 g/mol. The van der Waals surface area contributed by atoms with Crippen LogP contribution in [0.3, 0.4) is 0 Å². The smallest absolute Gasteiger partial charge is 0.664 e. The third kappa shape index (κ3) is 9.51. The number of carbonyl (C=O) groups is 1. The van der Waals surface area contributed by atoms with Gasteiger partial charge in [-0.1, -0.05) is 5.57 Å². The molecule has 8 heavy (non-hydrogen) atoms. The molecule has 40 valence electrons. The minimum atomic E-state index is -0.625. The molecule has 0 spiro atoms. The van der Waals surface area contributed by atoms with Gasteiger partial charge in [-0.25, -0.2) is 0 Å². The number of hydrogen-bond donors (Lipinski definition) is 0. The molecule has 0 saturated carbocycles. The molecule has 1 N–H and O–H groups in total. The predicted molar refractivity (Wildman–Crippen MR) is 28.8 cm³/mol. The van der Waals surface area contributed by atoms with Gasteiger partial charge in [0.05, 0.1) is 5.91 Å². The van der Waals surface area contributed by atoms with E-state index in [2.05, 4.69) is 0 Å². The summed E-state index contributed by atoms with van der Waals surface area (Å²) < 4.78 is 0. The molecule has 0 aromatic heterocycles. The molecule has 0 aromatic carbocycles. The fourth-order valence-corrected chi connectivity index (χ4v) is 0.262. The maximum Gasteiger partial charge on any atom is 1.00 e. The molecule has 0 atom stereocenters. The molecule has 0 saturated heterocycles. The van der Waals surface area contributed by atoms with Crippen LogP contribution in [0.2, 0.25) is 0 Å². The fraction of sp³-hybridized carbons (Fsp3) is 0.400. The number of amides is 1. The normalized spacial score (nSPS) is 6.75. The molecule has 0 fully saturated rings. The molecule has 0 radical (unpaired) electrons. The van der Waals surface area contributed by atoms with Gasteiger partial charge in [0.2, 0.25) is 0 Å². The average Bonchev–Trinajstić information content (AvgIpc) is 1.27. The van der Waals surface area contributed by atoms with Crippen LogP contribution in [0.1, 0.15) is 13.8 Å². The number of rotatable bonds is 1. The van der Waals surface area contributed by atoms with Gasteiger partial charge in [-0.3, -0.25) is 0 Å². The summed E-state index contributed by atoms with van der Waals surface area (Å²) in [5.41, 5.74) is 7.27. The van der Waals surface area contributed by atoms with Gasteiger partial charge in [0.1, 0.15) is 0 Å². The Labute approximate surface area is 71.4 Å². The third-order valence-corrected chi connectivity index (χ3v) is 0.420. The minimum Gasteiger partial charge on any atom is -0.664 e. The zero-order valence-corrected chi connectivity index (χ0v) is 7.49. The van der Waals surface area contributed by atoms with Crippen LogP contribution in [0, 0.1) is 0 Å². The maximum absolute atomic E-state index is 9.84. The Kier molecular flexibility index (Phi) is 7.40. The molecule has 0 heterocycles. The van der Waals surface area contributed by atoms with E-state index in [0.29, 0.717) is 0 Å². The van der Waals surface area contributed by atoms with Crippen molar-refractivity contribution in [3.63, 3.8) is 0 Å². The van der Waals surface area contributed by atoms with Gasteiger partial charge in [-0.2, -0.15) is 0 Å². The largest absolute Gasteiger partial charge is 1.00 e. The van der Waals surface area contributed by atoms with E-state index in [-0.39, 0.29) is 29.6 Å². The van der Waals surface area contributed by atoms with Gasteiger partial charge >= 0.3 is 29.6 Å². The van der Waals surface area contributed by atoms with Crippen molar-refractivity contribution in [1.29, 1.82) is 0 Å². The maximum atomic E-state index is 9.84. The summed E-state index contributed by atoms with van der Waals surface area (Å²) in [4.78, 5) is 9.84. The number of nitrogens with one attached hydrogen (secondary N) is 1. The summed E-state index contributed by atoms with van der Waals surface area (Å²) in [6, 6.07) is 0. The summed E-state index contributed by atoms with van der Waals surface area (Å²) in [5.74, 6) is -0.625. The van der Waals surface area contributed by atoms with E-state index in [1.165, 1.54) is 6.08 Å². The molecule has 0 rings (SSSR count). The van der Waals surface area contributed by atoms with Crippen LogP contribution in [0.5, 0.6) is 0 Å². The van der Waals surface area contributed by atoms with Gasteiger partial charge in [-0.05, 0) is 19.9 Å². The van der Waals surface area contributed by atoms with Crippen molar-refractivity contribution < 1.29 is 34.4 Å². The summed E-state index contributed by atoms with van der Waals surface area (Å²) in [6.07, 6.45) is 1.28. The second-order valence-electron chi connectivity index (χ2n) is 1.59. The predicted octanol–water partition coefficient (Wildman–Crippen LogP) is -1.46. The van der Waals surface area contributed by atoms with Gasteiger partial charge in [0.15, 0.2) is 0 Å². The molecule has 3 heteroatoms. The van der Waals surface area contributed by atoms with Crippen molar-refractivity contribution in [1.82, 2.24) is 0 Å². The van der Waals surface area contributed by atoms with Gasteiger partial charge < -0.3 is 10.5 Å². The Balaban J connectivity index is 0. The van der Waals surface area contributed by atoms with Crippen LogP contribution in [0.4, 0.5) is 0 Å². The van der Waals surface area contributed by atoms with E-state index in [1.54, 1.807) is 13.8 Å². The molecule has 0 aliphatic heterocycles. The van der Waals surface area contributed by atoms with Crippen molar-refractivity contribution >= 4 is 5.91 Å². The van der Waals surface area contributed by atoms with Crippen molar-refractivity contribution in [2.45, 2.75) is 13.8 Å². The first-order valence-corrected chi connectivity index (χ1v) is 2.03. The van der Waals surface area contributed by atoms with Crippen LogP contribution >= 0.6 is 0 Å². The molecule has 0 unspecified atom stereocenters. The van der Waals surface area contributed by atoms with Crippen LogP contribution in [-0.2, 0) is 4.79 Å². The van der Waals surface area contributed by atoms with E-state index in [0.717, 1.165) is 5.57 Å². The Bertz CT molecular complexity index is 105. The zero-order valence-electron chi connectivity index (χ0n) is 5.49. The molecule has 0 aromatic rings. The van der Waals surface area contributed by atoms with E-state index in [9.17, 15) is 4.79 Å². The number of allylic oxidation sites excluding steroid dienone is 1. The van der Waals surface area contributed by atoms with Crippen molar-refractivity contribution in [2.75, 3.05) is 0 Å². The Morgan fingerprint density at radius 1 is 1.50 bits per heavy atom. The first-order chi connectivity index (χ1) is 3.13. The molecule has 2 nitrogen and oxygen atoms in total. The summed E-state index contributed by atoms with van der Waals surface area (Å²) in [7, 11) is 0. The fourth-order valence-electron chi connectivity index (χ4n) is 0.262. The van der Waals surface area contributed by atoms with Crippen molar-refractivity contribution in [3.05, 3.63) is 17.4 Å². The minimum absolute atomic E-state index is 0. The molecular formula is C5H8NNaO. The molecule has 1 amide bonds. The van der Waals surface area contributed by atoms with Crippen LogP contribution < -0.4 is 29.6 Å². The topological polar surface area (TPSA) is 40.9 Å². The first kappa shape index (κ1) is 11.1. The average molecular weight is 121 g/mol. The van der Waals surface area contributed by atoms with Gasteiger partial charge in [0, 0.05) is 0 Å². The number of hydrogen-bond acceptors (Lipinski definition) is 1. The van der Waals surface area contributed by atoms with Gasteiger partial charge in [0.25, 0.3) is 0 Å².